The van der Waals surface area contributed by atoms with Gasteiger partial charge in [-0.25, -0.2) is 17.5 Å². The van der Waals surface area contributed by atoms with Gasteiger partial charge in [0.25, 0.3) is 0 Å². The summed E-state index contributed by atoms with van der Waals surface area (Å²) in [5.41, 5.74) is -0.885. The number of rotatable bonds is 6. The molecule has 124 valence electrons. The summed E-state index contributed by atoms with van der Waals surface area (Å²) in [4.78, 5) is -0.0337. The van der Waals surface area contributed by atoms with Gasteiger partial charge in [0.15, 0.2) is 0 Å². The van der Waals surface area contributed by atoms with Gasteiger partial charge >= 0.3 is 0 Å². The first-order valence-electron chi connectivity index (χ1n) is 6.84. The van der Waals surface area contributed by atoms with Crippen molar-refractivity contribution in [2.24, 2.45) is 0 Å². The molecule has 0 aliphatic rings. The Bertz CT molecular complexity index is 797. The minimum Gasteiger partial charge on any atom is -0.372 e. The molecule has 0 saturated carbocycles. The summed E-state index contributed by atoms with van der Waals surface area (Å²) in [5.74, 6) is -0.464. The Balaban J connectivity index is 2.27. The molecule has 0 unspecified atom stereocenters. The maximum absolute atomic E-state index is 14.0. The molecule has 0 spiro atoms. The van der Waals surface area contributed by atoms with E-state index < -0.39 is 21.4 Å². The first-order chi connectivity index (χ1) is 10.8. The average Bonchev–Trinajstić information content (AvgIpc) is 2.53. The predicted molar refractivity (Wildman–Crippen MR) is 87.4 cm³/mol. The summed E-state index contributed by atoms with van der Waals surface area (Å²) in [6.45, 7) is 1.47. The average molecular weight is 358 g/mol. The van der Waals surface area contributed by atoms with Crippen LogP contribution in [0.15, 0.2) is 53.4 Å². The number of benzene rings is 2. The van der Waals surface area contributed by atoms with E-state index in [2.05, 4.69) is 4.72 Å². The number of halogens is 2. The summed E-state index contributed by atoms with van der Waals surface area (Å²) in [6, 6.07) is 12.2. The Labute approximate surface area is 140 Å². The molecule has 0 heterocycles. The fourth-order valence-corrected chi connectivity index (χ4v) is 3.78. The molecule has 2 aromatic rings. The highest BCUT2D eigenvalue weighted by molar-refractivity contribution is 7.89. The third-order valence-electron chi connectivity index (χ3n) is 3.62. The van der Waals surface area contributed by atoms with E-state index in [1.807, 2.05) is 0 Å². The van der Waals surface area contributed by atoms with E-state index in [1.54, 1.807) is 37.3 Å². The van der Waals surface area contributed by atoms with Crippen molar-refractivity contribution in [3.63, 3.8) is 0 Å². The highest BCUT2D eigenvalue weighted by Gasteiger charge is 2.31. The minimum absolute atomic E-state index is 0.0337. The van der Waals surface area contributed by atoms with Crippen LogP contribution < -0.4 is 4.72 Å². The van der Waals surface area contributed by atoms with Gasteiger partial charge in [0.05, 0.1) is 5.02 Å². The zero-order chi connectivity index (χ0) is 17.1. The standard InChI is InChI=1S/C16H17ClFNO3S/c1-16(22-2,12-7-3-5-9-14(12)18)11-19-23(20,21)15-10-6-4-8-13(15)17/h3-10,19H,11H2,1-2H3/t16-/m0/s1. The summed E-state index contributed by atoms with van der Waals surface area (Å²) in [5, 5.41) is 0.116. The van der Waals surface area contributed by atoms with E-state index in [0.29, 0.717) is 0 Å². The van der Waals surface area contributed by atoms with Gasteiger partial charge in [-0.3, -0.25) is 0 Å². The molecule has 0 amide bonds. The third-order valence-corrected chi connectivity index (χ3v) is 5.52. The number of hydrogen-bond acceptors (Lipinski definition) is 3. The SMILES string of the molecule is CO[C@@](C)(CNS(=O)(=O)c1ccccc1Cl)c1ccccc1F. The Morgan fingerprint density at radius 1 is 1.17 bits per heavy atom. The zero-order valence-electron chi connectivity index (χ0n) is 12.7. The number of nitrogens with one attached hydrogen (secondary N) is 1. The van der Waals surface area contributed by atoms with Crippen LogP contribution in [0.1, 0.15) is 12.5 Å². The van der Waals surface area contributed by atoms with Gasteiger partial charge in [-0.05, 0) is 25.1 Å². The van der Waals surface area contributed by atoms with E-state index in [1.165, 1.54) is 25.3 Å². The third kappa shape index (κ3) is 3.90. The van der Waals surface area contributed by atoms with Crippen molar-refractivity contribution >= 4 is 21.6 Å². The molecule has 0 bridgehead atoms. The molecular weight excluding hydrogens is 341 g/mol. The summed E-state index contributed by atoms with van der Waals surface area (Å²) in [6.07, 6.45) is 0. The van der Waals surface area contributed by atoms with E-state index in [9.17, 15) is 12.8 Å². The lowest BCUT2D eigenvalue weighted by molar-refractivity contribution is 0.00410. The van der Waals surface area contributed by atoms with Gasteiger partial charge in [-0.15, -0.1) is 0 Å². The Hall–Kier alpha value is -1.47. The van der Waals surface area contributed by atoms with Crippen LogP contribution in [0, 0.1) is 5.82 Å². The normalized spacial score (nSPS) is 14.4. The molecule has 4 nitrogen and oxygen atoms in total. The van der Waals surface area contributed by atoms with Gasteiger partial charge in [-0.2, -0.15) is 0 Å². The maximum atomic E-state index is 14.0. The predicted octanol–water partition coefficient (Wildman–Crippen LogP) is 3.32. The second kappa shape index (κ2) is 6.97. The monoisotopic (exact) mass is 357 g/mol. The molecule has 0 saturated heterocycles. The first-order valence-corrected chi connectivity index (χ1v) is 8.70. The molecule has 0 aliphatic heterocycles. The number of methoxy groups -OCH3 is 1. The summed E-state index contributed by atoms with van der Waals surface area (Å²) >= 11 is 5.92. The van der Waals surface area contributed by atoms with Gasteiger partial charge in [-0.1, -0.05) is 41.9 Å². The highest BCUT2D eigenvalue weighted by Crippen LogP contribution is 2.27. The fourth-order valence-electron chi connectivity index (χ4n) is 2.14. The van der Waals surface area contributed by atoms with Gasteiger partial charge in [0, 0.05) is 19.2 Å². The molecule has 23 heavy (non-hydrogen) atoms. The van der Waals surface area contributed by atoms with Gasteiger partial charge in [0.2, 0.25) is 10.0 Å². The van der Waals surface area contributed by atoms with Crippen LogP contribution in [0.3, 0.4) is 0 Å². The number of ether oxygens (including phenoxy) is 1. The second-order valence-corrected chi connectivity index (χ2v) is 7.31. The lowest BCUT2D eigenvalue weighted by Gasteiger charge is -2.29. The number of hydrogen-bond donors (Lipinski definition) is 1. The Morgan fingerprint density at radius 2 is 1.78 bits per heavy atom. The van der Waals surface area contributed by atoms with E-state index in [-0.39, 0.29) is 22.0 Å². The zero-order valence-corrected chi connectivity index (χ0v) is 14.3. The quantitative estimate of drug-likeness (QED) is 0.862. The van der Waals surface area contributed by atoms with Gasteiger partial charge in [0.1, 0.15) is 16.3 Å². The molecular formula is C16H17ClFNO3S. The molecule has 0 aromatic heterocycles. The van der Waals surface area contributed by atoms with Crippen molar-refractivity contribution in [2.75, 3.05) is 13.7 Å². The molecule has 0 aliphatic carbocycles. The fraction of sp³-hybridized carbons (Fsp3) is 0.250. The van der Waals surface area contributed by atoms with Crippen LogP contribution in [-0.2, 0) is 20.4 Å². The molecule has 0 radical (unpaired) electrons. The van der Waals surface area contributed by atoms with Crippen molar-refractivity contribution < 1.29 is 17.5 Å². The van der Waals surface area contributed by atoms with Crippen molar-refractivity contribution in [1.82, 2.24) is 4.72 Å². The molecule has 2 aromatic carbocycles. The molecule has 1 N–H and O–H groups in total. The smallest absolute Gasteiger partial charge is 0.242 e. The molecule has 0 fully saturated rings. The van der Waals surface area contributed by atoms with Crippen molar-refractivity contribution in [3.05, 3.63) is 64.9 Å². The Kier molecular flexibility index (Phi) is 5.41. The first kappa shape index (κ1) is 17.9. The second-order valence-electron chi connectivity index (χ2n) is 5.17. The molecule has 7 heteroatoms. The topological polar surface area (TPSA) is 55.4 Å². The minimum atomic E-state index is -3.84. The van der Waals surface area contributed by atoms with E-state index >= 15 is 0 Å². The maximum Gasteiger partial charge on any atom is 0.242 e. The lowest BCUT2D eigenvalue weighted by Crippen LogP contribution is -2.40. The highest BCUT2D eigenvalue weighted by atomic mass is 35.5. The lowest BCUT2D eigenvalue weighted by atomic mass is 9.95. The van der Waals surface area contributed by atoms with Gasteiger partial charge < -0.3 is 4.74 Å². The van der Waals surface area contributed by atoms with Crippen LogP contribution in [0.2, 0.25) is 5.02 Å². The Morgan fingerprint density at radius 3 is 2.39 bits per heavy atom. The molecule has 2 rings (SSSR count). The van der Waals surface area contributed by atoms with Crippen molar-refractivity contribution in [1.29, 1.82) is 0 Å². The summed E-state index contributed by atoms with van der Waals surface area (Å²) < 4.78 is 46.6. The van der Waals surface area contributed by atoms with Crippen LogP contribution >= 0.6 is 11.6 Å². The van der Waals surface area contributed by atoms with E-state index in [4.69, 9.17) is 16.3 Å². The number of sulfonamides is 1. The molecule has 1 atom stereocenters. The van der Waals surface area contributed by atoms with Crippen molar-refractivity contribution in [3.8, 4) is 0 Å². The largest absolute Gasteiger partial charge is 0.372 e. The van der Waals surface area contributed by atoms with Crippen LogP contribution in [0.25, 0.3) is 0 Å². The van der Waals surface area contributed by atoms with Crippen LogP contribution in [-0.4, -0.2) is 22.1 Å². The summed E-state index contributed by atoms with van der Waals surface area (Å²) in [7, 11) is -2.44. The van der Waals surface area contributed by atoms with Crippen LogP contribution in [0.4, 0.5) is 4.39 Å². The van der Waals surface area contributed by atoms with Crippen molar-refractivity contribution in [2.45, 2.75) is 17.4 Å². The van der Waals surface area contributed by atoms with E-state index in [0.717, 1.165) is 0 Å². The van der Waals surface area contributed by atoms with Crippen LogP contribution in [0.5, 0.6) is 0 Å².